The van der Waals surface area contributed by atoms with Crippen molar-refractivity contribution in [3.63, 3.8) is 0 Å². The van der Waals surface area contributed by atoms with E-state index in [1.807, 2.05) is 20.8 Å². The molecule has 3 N–H and O–H groups in total. The van der Waals surface area contributed by atoms with Crippen LogP contribution in [0.2, 0.25) is 0 Å². The Morgan fingerprint density at radius 1 is 1.53 bits per heavy atom. The predicted molar refractivity (Wildman–Crippen MR) is 73.1 cm³/mol. The molecular weight excluding hydrogens is 232 g/mol. The van der Waals surface area contributed by atoms with Crippen LogP contribution in [0, 0.1) is 5.41 Å². The van der Waals surface area contributed by atoms with E-state index in [2.05, 4.69) is 29.1 Å². The van der Waals surface area contributed by atoms with Crippen LogP contribution in [-0.2, 0) is 11.2 Å². The van der Waals surface area contributed by atoms with Crippen LogP contribution < -0.4 is 11.1 Å². The topological polar surface area (TPSA) is 55.1 Å². The molecule has 1 heterocycles. The van der Waals surface area contributed by atoms with Crippen LogP contribution in [0.3, 0.4) is 0 Å². The number of nitrogens with one attached hydrogen (secondary N) is 1. The van der Waals surface area contributed by atoms with Gasteiger partial charge in [-0.2, -0.15) is 11.3 Å². The van der Waals surface area contributed by atoms with Gasteiger partial charge in [-0.15, -0.1) is 0 Å². The average Bonchev–Trinajstić information content (AvgIpc) is 2.64. The standard InChI is InChI=1S/C13H22N2OS/c1-9(7-10-5-6-17-8-10)15-11(12(14)16)13(2,3)4/h5-6,8-9,11,15H,7H2,1-4H3,(H2,14,16)/t9-,11-/m0/s1. The second kappa shape index (κ2) is 5.65. The minimum atomic E-state index is -0.295. The summed E-state index contributed by atoms with van der Waals surface area (Å²) in [7, 11) is 0. The molecule has 3 nitrogen and oxygen atoms in total. The van der Waals surface area contributed by atoms with Crippen LogP contribution in [0.25, 0.3) is 0 Å². The van der Waals surface area contributed by atoms with Crippen molar-refractivity contribution in [2.45, 2.75) is 46.2 Å². The maximum atomic E-state index is 11.4. The molecule has 0 unspecified atom stereocenters. The Bertz CT molecular complexity index is 354. The maximum absolute atomic E-state index is 11.4. The van der Waals surface area contributed by atoms with Gasteiger partial charge in [0, 0.05) is 6.04 Å². The van der Waals surface area contributed by atoms with E-state index in [1.165, 1.54) is 5.56 Å². The van der Waals surface area contributed by atoms with E-state index in [-0.39, 0.29) is 23.4 Å². The monoisotopic (exact) mass is 254 g/mol. The van der Waals surface area contributed by atoms with Crippen molar-refractivity contribution in [3.05, 3.63) is 22.4 Å². The summed E-state index contributed by atoms with van der Waals surface area (Å²) in [4.78, 5) is 11.4. The fourth-order valence-corrected chi connectivity index (χ4v) is 2.55. The molecular formula is C13H22N2OS. The SMILES string of the molecule is C[C@@H](Cc1ccsc1)N[C@@H](C(N)=O)C(C)(C)C. The average molecular weight is 254 g/mol. The third-order valence-corrected chi connectivity index (χ3v) is 3.46. The Morgan fingerprint density at radius 3 is 2.59 bits per heavy atom. The molecule has 0 aliphatic carbocycles. The number of thiophene rings is 1. The molecule has 1 rings (SSSR count). The van der Waals surface area contributed by atoms with Gasteiger partial charge >= 0.3 is 0 Å². The lowest BCUT2D eigenvalue weighted by Crippen LogP contribution is -2.53. The molecule has 0 spiro atoms. The fourth-order valence-electron chi connectivity index (χ4n) is 1.86. The minimum absolute atomic E-state index is 0.158. The van der Waals surface area contributed by atoms with E-state index in [0.29, 0.717) is 0 Å². The van der Waals surface area contributed by atoms with Crippen molar-refractivity contribution in [1.29, 1.82) is 0 Å². The lowest BCUT2D eigenvalue weighted by atomic mass is 9.85. The van der Waals surface area contributed by atoms with Crippen LogP contribution in [0.15, 0.2) is 16.8 Å². The van der Waals surface area contributed by atoms with E-state index < -0.39 is 0 Å². The summed E-state index contributed by atoms with van der Waals surface area (Å²) in [6.07, 6.45) is 0.920. The number of hydrogen-bond donors (Lipinski definition) is 2. The number of hydrogen-bond acceptors (Lipinski definition) is 3. The van der Waals surface area contributed by atoms with Gasteiger partial charge in [-0.3, -0.25) is 4.79 Å². The Morgan fingerprint density at radius 2 is 2.18 bits per heavy atom. The summed E-state index contributed by atoms with van der Waals surface area (Å²) in [5, 5.41) is 7.53. The van der Waals surface area contributed by atoms with Crippen molar-refractivity contribution in [2.24, 2.45) is 11.1 Å². The van der Waals surface area contributed by atoms with Gasteiger partial charge in [-0.25, -0.2) is 0 Å². The molecule has 1 aromatic heterocycles. The van der Waals surface area contributed by atoms with Gasteiger partial charge in [0.05, 0.1) is 6.04 Å². The number of carbonyl (C=O) groups excluding carboxylic acids is 1. The fraction of sp³-hybridized carbons (Fsp3) is 0.615. The van der Waals surface area contributed by atoms with E-state index in [1.54, 1.807) is 11.3 Å². The van der Waals surface area contributed by atoms with Crippen molar-refractivity contribution in [3.8, 4) is 0 Å². The van der Waals surface area contributed by atoms with E-state index in [9.17, 15) is 4.79 Å². The minimum Gasteiger partial charge on any atom is -0.368 e. The molecule has 96 valence electrons. The first-order chi connectivity index (χ1) is 7.80. The van der Waals surface area contributed by atoms with E-state index >= 15 is 0 Å². The second-order valence-corrected chi connectivity index (χ2v) is 6.38. The first-order valence-corrected chi connectivity index (χ1v) is 6.81. The van der Waals surface area contributed by atoms with E-state index in [0.717, 1.165) is 6.42 Å². The van der Waals surface area contributed by atoms with Crippen molar-refractivity contribution in [2.75, 3.05) is 0 Å². The quantitative estimate of drug-likeness (QED) is 0.846. The van der Waals surface area contributed by atoms with Gasteiger partial charge < -0.3 is 11.1 Å². The number of amides is 1. The van der Waals surface area contributed by atoms with Gasteiger partial charge in [0.25, 0.3) is 0 Å². The highest BCUT2D eigenvalue weighted by Crippen LogP contribution is 2.20. The van der Waals surface area contributed by atoms with Gasteiger partial charge in [-0.1, -0.05) is 20.8 Å². The zero-order valence-electron chi connectivity index (χ0n) is 11.0. The predicted octanol–water partition coefficient (Wildman–Crippen LogP) is 2.17. The highest BCUT2D eigenvalue weighted by atomic mass is 32.1. The van der Waals surface area contributed by atoms with Crippen LogP contribution in [0.1, 0.15) is 33.3 Å². The number of rotatable bonds is 5. The van der Waals surface area contributed by atoms with Gasteiger partial charge in [0.2, 0.25) is 5.91 Å². The van der Waals surface area contributed by atoms with Crippen molar-refractivity contribution >= 4 is 17.2 Å². The molecule has 0 saturated carbocycles. The summed E-state index contributed by atoms with van der Waals surface area (Å²) >= 11 is 1.69. The van der Waals surface area contributed by atoms with Crippen molar-refractivity contribution in [1.82, 2.24) is 5.32 Å². The number of primary amides is 1. The third-order valence-electron chi connectivity index (χ3n) is 2.72. The Balaban J connectivity index is 2.59. The molecule has 0 bridgehead atoms. The zero-order valence-corrected chi connectivity index (χ0v) is 11.8. The first-order valence-electron chi connectivity index (χ1n) is 5.87. The molecule has 0 aliphatic rings. The highest BCUT2D eigenvalue weighted by Gasteiger charge is 2.30. The second-order valence-electron chi connectivity index (χ2n) is 5.60. The lowest BCUT2D eigenvalue weighted by Gasteiger charge is -2.31. The largest absolute Gasteiger partial charge is 0.368 e. The molecule has 0 aromatic carbocycles. The van der Waals surface area contributed by atoms with Crippen LogP contribution in [0.4, 0.5) is 0 Å². The summed E-state index contributed by atoms with van der Waals surface area (Å²) < 4.78 is 0. The van der Waals surface area contributed by atoms with Gasteiger partial charge in [-0.05, 0) is 41.1 Å². The maximum Gasteiger partial charge on any atom is 0.235 e. The summed E-state index contributed by atoms with van der Waals surface area (Å²) in [6, 6.07) is 2.05. The molecule has 0 radical (unpaired) electrons. The zero-order chi connectivity index (χ0) is 13.1. The number of nitrogens with two attached hydrogens (primary N) is 1. The summed E-state index contributed by atoms with van der Waals surface area (Å²) in [5.74, 6) is -0.283. The van der Waals surface area contributed by atoms with Crippen LogP contribution >= 0.6 is 11.3 Å². The lowest BCUT2D eigenvalue weighted by molar-refractivity contribution is -0.122. The normalized spacial score (nSPS) is 15.5. The van der Waals surface area contributed by atoms with E-state index in [4.69, 9.17) is 5.73 Å². The molecule has 17 heavy (non-hydrogen) atoms. The molecule has 1 amide bonds. The van der Waals surface area contributed by atoms with Crippen LogP contribution in [0.5, 0.6) is 0 Å². The van der Waals surface area contributed by atoms with Crippen molar-refractivity contribution < 1.29 is 4.79 Å². The Hall–Kier alpha value is -0.870. The molecule has 0 saturated heterocycles. The Kier molecular flexibility index (Phi) is 4.71. The van der Waals surface area contributed by atoms with Gasteiger partial charge in [0.15, 0.2) is 0 Å². The molecule has 2 atom stereocenters. The molecule has 0 fully saturated rings. The van der Waals surface area contributed by atoms with Crippen LogP contribution in [-0.4, -0.2) is 18.0 Å². The number of carbonyl (C=O) groups is 1. The highest BCUT2D eigenvalue weighted by molar-refractivity contribution is 7.07. The first kappa shape index (κ1) is 14.2. The summed E-state index contributed by atoms with van der Waals surface area (Å²) in [5.41, 5.74) is 6.59. The smallest absolute Gasteiger partial charge is 0.235 e. The Labute approximate surface area is 107 Å². The summed E-state index contributed by atoms with van der Waals surface area (Å²) in [6.45, 7) is 8.14. The molecule has 4 heteroatoms. The third kappa shape index (κ3) is 4.48. The molecule has 0 aliphatic heterocycles. The molecule has 1 aromatic rings. The van der Waals surface area contributed by atoms with Gasteiger partial charge in [0.1, 0.15) is 0 Å².